The van der Waals surface area contributed by atoms with Crippen LogP contribution in [0.2, 0.25) is 0 Å². The van der Waals surface area contributed by atoms with E-state index in [4.69, 9.17) is 5.11 Å². The lowest BCUT2D eigenvalue weighted by atomic mass is 10.4. The van der Waals surface area contributed by atoms with Crippen molar-refractivity contribution in [2.75, 3.05) is 5.32 Å². The fraction of sp³-hybridized carbons (Fsp3) is 0.0909. The van der Waals surface area contributed by atoms with Crippen molar-refractivity contribution in [3.63, 3.8) is 0 Å². The summed E-state index contributed by atoms with van der Waals surface area (Å²) in [6.07, 6.45) is 5.80. The van der Waals surface area contributed by atoms with Gasteiger partial charge in [-0.2, -0.15) is 0 Å². The van der Waals surface area contributed by atoms with Crippen molar-refractivity contribution in [3.05, 3.63) is 42.7 Å². The molecule has 2 heterocycles. The van der Waals surface area contributed by atoms with Crippen LogP contribution in [-0.4, -0.2) is 31.5 Å². The summed E-state index contributed by atoms with van der Waals surface area (Å²) >= 11 is 0. The molecule has 2 aromatic rings. The lowest BCUT2D eigenvalue weighted by Crippen LogP contribution is -2.20. The molecule has 0 aromatic carbocycles. The molecular formula is C11H10N4O3. The summed E-state index contributed by atoms with van der Waals surface area (Å²) in [6.45, 7) is -0.0798. The monoisotopic (exact) mass is 246 g/mol. The zero-order valence-corrected chi connectivity index (χ0v) is 9.28. The van der Waals surface area contributed by atoms with Crippen LogP contribution in [0.5, 0.6) is 0 Å². The molecule has 18 heavy (non-hydrogen) atoms. The zero-order chi connectivity index (χ0) is 13.0. The van der Waals surface area contributed by atoms with E-state index in [0.717, 1.165) is 0 Å². The number of aromatic nitrogens is 3. The van der Waals surface area contributed by atoms with Crippen LogP contribution in [0.25, 0.3) is 0 Å². The van der Waals surface area contributed by atoms with Crippen LogP contribution >= 0.6 is 0 Å². The number of hydrogen-bond acceptors (Lipinski definition) is 4. The fourth-order valence-electron chi connectivity index (χ4n) is 1.46. The lowest BCUT2D eigenvalue weighted by Gasteiger charge is -2.07. The van der Waals surface area contributed by atoms with Gasteiger partial charge in [-0.05, 0) is 12.1 Å². The van der Waals surface area contributed by atoms with Crippen molar-refractivity contribution in [3.8, 4) is 0 Å². The van der Waals surface area contributed by atoms with Gasteiger partial charge in [-0.3, -0.25) is 4.79 Å². The van der Waals surface area contributed by atoms with Crippen LogP contribution in [0.3, 0.4) is 0 Å². The largest absolute Gasteiger partial charge is 0.477 e. The Hall–Kier alpha value is -2.70. The number of carbonyl (C=O) groups is 2. The molecule has 0 spiro atoms. The first-order valence-corrected chi connectivity index (χ1v) is 5.10. The second-order valence-corrected chi connectivity index (χ2v) is 3.50. The average molecular weight is 246 g/mol. The van der Waals surface area contributed by atoms with Crippen molar-refractivity contribution in [1.82, 2.24) is 14.5 Å². The lowest BCUT2D eigenvalue weighted by molar-refractivity contribution is -0.116. The first kappa shape index (κ1) is 11.8. The van der Waals surface area contributed by atoms with E-state index in [1.807, 2.05) is 0 Å². The summed E-state index contributed by atoms with van der Waals surface area (Å²) < 4.78 is 1.35. The third-order valence-electron chi connectivity index (χ3n) is 2.21. The minimum atomic E-state index is -1.07. The van der Waals surface area contributed by atoms with Gasteiger partial charge in [0.05, 0.1) is 18.1 Å². The number of carboxylic acids is 1. The number of amides is 1. The Morgan fingerprint density at radius 1 is 1.33 bits per heavy atom. The van der Waals surface area contributed by atoms with Gasteiger partial charge in [0.2, 0.25) is 5.91 Å². The number of aromatic carboxylic acids is 1. The van der Waals surface area contributed by atoms with Crippen molar-refractivity contribution < 1.29 is 14.7 Å². The van der Waals surface area contributed by atoms with Crippen molar-refractivity contribution in [2.45, 2.75) is 6.54 Å². The van der Waals surface area contributed by atoms with Crippen LogP contribution in [-0.2, 0) is 11.3 Å². The molecule has 0 aliphatic carbocycles. The van der Waals surface area contributed by atoms with E-state index in [-0.39, 0.29) is 18.1 Å². The molecule has 7 heteroatoms. The van der Waals surface area contributed by atoms with Crippen LogP contribution in [0.4, 0.5) is 5.69 Å². The highest BCUT2D eigenvalue weighted by Gasteiger charge is 2.11. The topological polar surface area (TPSA) is 97.1 Å². The molecular weight excluding hydrogens is 236 g/mol. The predicted molar refractivity (Wildman–Crippen MR) is 62.1 cm³/mol. The number of anilines is 1. The van der Waals surface area contributed by atoms with Crippen molar-refractivity contribution in [2.24, 2.45) is 0 Å². The van der Waals surface area contributed by atoms with Gasteiger partial charge < -0.3 is 15.0 Å². The molecule has 0 unspecified atom stereocenters. The standard InChI is InChI=1S/C11H10N4O3/c16-10(14-8-4-12-7-13-5-8)6-15-3-1-2-9(15)11(17)18/h1-5,7H,6H2,(H,14,16)(H,17,18). The van der Waals surface area contributed by atoms with E-state index < -0.39 is 5.97 Å². The van der Waals surface area contributed by atoms with E-state index in [1.165, 1.54) is 35.6 Å². The summed E-state index contributed by atoms with van der Waals surface area (Å²) in [6, 6.07) is 3.00. The van der Waals surface area contributed by atoms with Gasteiger partial charge in [-0.25, -0.2) is 14.8 Å². The summed E-state index contributed by atoms with van der Waals surface area (Å²) in [4.78, 5) is 30.0. The summed E-state index contributed by atoms with van der Waals surface area (Å²) in [5.74, 6) is -1.42. The molecule has 92 valence electrons. The Labute approximate surface area is 102 Å². The molecule has 0 saturated carbocycles. The highest BCUT2D eigenvalue weighted by atomic mass is 16.4. The molecule has 7 nitrogen and oxygen atoms in total. The fourth-order valence-corrected chi connectivity index (χ4v) is 1.46. The van der Waals surface area contributed by atoms with E-state index in [2.05, 4.69) is 15.3 Å². The number of nitrogens with one attached hydrogen (secondary N) is 1. The SMILES string of the molecule is O=C(Cn1cccc1C(=O)O)Nc1cncnc1. The maximum Gasteiger partial charge on any atom is 0.352 e. The van der Waals surface area contributed by atoms with Gasteiger partial charge in [0.15, 0.2) is 0 Å². The normalized spacial score (nSPS) is 10.0. The average Bonchev–Trinajstić information content (AvgIpc) is 2.78. The summed E-state index contributed by atoms with van der Waals surface area (Å²) in [7, 11) is 0. The third kappa shape index (κ3) is 2.70. The highest BCUT2D eigenvalue weighted by molar-refractivity contribution is 5.91. The van der Waals surface area contributed by atoms with Gasteiger partial charge in [0.1, 0.15) is 18.6 Å². The minimum Gasteiger partial charge on any atom is -0.477 e. The second kappa shape index (κ2) is 5.09. The van der Waals surface area contributed by atoms with Crippen molar-refractivity contribution >= 4 is 17.6 Å². The molecule has 0 aliphatic rings. The van der Waals surface area contributed by atoms with Crippen molar-refractivity contribution in [1.29, 1.82) is 0 Å². The Kier molecular flexibility index (Phi) is 3.33. The molecule has 0 fully saturated rings. The molecule has 2 N–H and O–H groups in total. The maximum atomic E-state index is 11.7. The maximum absolute atomic E-state index is 11.7. The summed E-state index contributed by atoms with van der Waals surface area (Å²) in [5, 5.41) is 11.5. The number of hydrogen-bond donors (Lipinski definition) is 2. The smallest absolute Gasteiger partial charge is 0.352 e. The van der Waals surface area contributed by atoms with Gasteiger partial charge in [-0.1, -0.05) is 0 Å². The molecule has 2 aromatic heterocycles. The first-order chi connectivity index (χ1) is 8.66. The Morgan fingerprint density at radius 2 is 2.06 bits per heavy atom. The molecule has 1 amide bonds. The minimum absolute atomic E-state index is 0.0643. The molecule has 0 bridgehead atoms. The highest BCUT2D eigenvalue weighted by Crippen LogP contribution is 2.04. The van der Waals surface area contributed by atoms with Gasteiger partial charge in [0.25, 0.3) is 0 Å². The Bertz CT molecular complexity index is 565. The second-order valence-electron chi connectivity index (χ2n) is 3.50. The van der Waals surface area contributed by atoms with E-state index >= 15 is 0 Å². The molecule has 2 rings (SSSR count). The number of carboxylic acid groups (broad SMARTS) is 1. The van der Waals surface area contributed by atoms with Crippen LogP contribution in [0.1, 0.15) is 10.5 Å². The van der Waals surface area contributed by atoms with Crippen LogP contribution in [0, 0.1) is 0 Å². The predicted octanol–water partition coefficient (Wildman–Crippen LogP) is 0.615. The number of nitrogens with zero attached hydrogens (tertiary/aromatic N) is 3. The first-order valence-electron chi connectivity index (χ1n) is 5.10. The van der Waals surface area contributed by atoms with Gasteiger partial charge >= 0.3 is 5.97 Å². The quantitative estimate of drug-likeness (QED) is 0.824. The molecule has 0 aliphatic heterocycles. The number of rotatable bonds is 4. The van der Waals surface area contributed by atoms with Crippen LogP contribution in [0.15, 0.2) is 37.1 Å². The molecule has 0 radical (unpaired) electrons. The van der Waals surface area contributed by atoms with E-state index in [1.54, 1.807) is 6.07 Å². The van der Waals surface area contributed by atoms with Gasteiger partial charge in [-0.15, -0.1) is 0 Å². The zero-order valence-electron chi connectivity index (χ0n) is 9.28. The Balaban J connectivity index is 2.04. The third-order valence-corrected chi connectivity index (χ3v) is 2.21. The Morgan fingerprint density at radius 3 is 2.72 bits per heavy atom. The van der Waals surface area contributed by atoms with E-state index in [9.17, 15) is 9.59 Å². The van der Waals surface area contributed by atoms with Crippen LogP contribution < -0.4 is 5.32 Å². The molecule has 0 saturated heterocycles. The molecule has 0 atom stereocenters. The van der Waals surface area contributed by atoms with Gasteiger partial charge in [0, 0.05) is 6.20 Å². The summed E-state index contributed by atoms with van der Waals surface area (Å²) in [5.41, 5.74) is 0.529. The van der Waals surface area contributed by atoms with E-state index in [0.29, 0.717) is 5.69 Å². The number of carbonyl (C=O) groups excluding carboxylic acids is 1.